The number of benzene rings is 1. The van der Waals surface area contributed by atoms with Crippen molar-refractivity contribution in [3.63, 3.8) is 0 Å². The molecule has 0 saturated heterocycles. The lowest BCUT2D eigenvalue weighted by molar-refractivity contribution is -0.117. The molecule has 1 heterocycles. The molecule has 1 aliphatic rings. The fourth-order valence-electron chi connectivity index (χ4n) is 2.29. The number of anilines is 1. The molecule has 0 bridgehead atoms. The maximum atomic E-state index is 12.0. The standard InChI is InChI=1S/C18H19N3O3/c1-11(20-21-18(23)16-8-9-24-12(16)2)14-4-3-5-15(10-14)19-17(22)13-6-7-13/h3-5,8-10,13H,6-7H2,1-2H3,(H,19,22)(H,21,23)/b20-11+. The van der Waals surface area contributed by atoms with E-state index in [2.05, 4.69) is 15.8 Å². The first kappa shape index (κ1) is 16.0. The van der Waals surface area contributed by atoms with Crippen molar-refractivity contribution in [1.82, 2.24) is 5.43 Å². The van der Waals surface area contributed by atoms with Crippen LogP contribution in [0.3, 0.4) is 0 Å². The van der Waals surface area contributed by atoms with Gasteiger partial charge in [-0.15, -0.1) is 0 Å². The van der Waals surface area contributed by atoms with Crippen LogP contribution in [0.1, 0.15) is 41.4 Å². The Kier molecular flexibility index (Phi) is 4.46. The number of hydrogen-bond donors (Lipinski definition) is 2. The number of hydrogen-bond acceptors (Lipinski definition) is 4. The Morgan fingerprint density at radius 3 is 2.71 bits per heavy atom. The van der Waals surface area contributed by atoms with Crippen LogP contribution in [0.4, 0.5) is 5.69 Å². The quantitative estimate of drug-likeness (QED) is 0.654. The minimum atomic E-state index is -0.321. The first-order valence-corrected chi connectivity index (χ1v) is 7.84. The van der Waals surface area contributed by atoms with Gasteiger partial charge < -0.3 is 9.73 Å². The highest BCUT2D eigenvalue weighted by Gasteiger charge is 2.29. The number of amides is 2. The number of carbonyl (C=O) groups is 2. The number of rotatable bonds is 5. The van der Waals surface area contributed by atoms with Crippen molar-refractivity contribution in [2.45, 2.75) is 26.7 Å². The highest BCUT2D eigenvalue weighted by molar-refractivity contribution is 6.02. The Morgan fingerprint density at radius 2 is 2.04 bits per heavy atom. The smallest absolute Gasteiger partial charge is 0.274 e. The van der Waals surface area contributed by atoms with Crippen LogP contribution in [0.5, 0.6) is 0 Å². The third-order valence-electron chi connectivity index (χ3n) is 3.92. The molecule has 0 spiro atoms. The minimum absolute atomic E-state index is 0.0606. The van der Waals surface area contributed by atoms with Crippen LogP contribution in [0.15, 0.2) is 46.1 Å². The fourth-order valence-corrected chi connectivity index (χ4v) is 2.29. The lowest BCUT2D eigenvalue weighted by Gasteiger charge is -2.07. The molecule has 1 aliphatic carbocycles. The average molecular weight is 325 g/mol. The summed E-state index contributed by atoms with van der Waals surface area (Å²) in [6.07, 6.45) is 3.39. The molecule has 6 heteroatoms. The van der Waals surface area contributed by atoms with Crippen molar-refractivity contribution in [2.75, 3.05) is 5.32 Å². The maximum absolute atomic E-state index is 12.0. The summed E-state index contributed by atoms with van der Waals surface area (Å²) in [5.74, 6) is 0.440. The Balaban J connectivity index is 1.67. The van der Waals surface area contributed by atoms with Gasteiger partial charge in [-0.25, -0.2) is 5.43 Å². The minimum Gasteiger partial charge on any atom is -0.469 e. The van der Waals surface area contributed by atoms with Crippen LogP contribution >= 0.6 is 0 Å². The summed E-state index contributed by atoms with van der Waals surface area (Å²) >= 11 is 0. The molecule has 6 nitrogen and oxygen atoms in total. The zero-order valence-corrected chi connectivity index (χ0v) is 13.6. The van der Waals surface area contributed by atoms with E-state index in [1.807, 2.05) is 24.3 Å². The number of furan rings is 1. The second-order valence-corrected chi connectivity index (χ2v) is 5.87. The largest absolute Gasteiger partial charge is 0.469 e. The van der Waals surface area contributed by atoms with Gasteiger partial charge >= 0.3 is 0 Å². The summed E-state index contributed by atoms with van der Waals surface area (Å²) in [5.41, 5.74) is 5.17. The predicted molar refractivity (Wildman–Crippen MR) is 90.9 cm³/mol. The van der Waals surface area contributed by atoms with Gasteiger partial charge in [0.1, 0.15) is 5.76 Å². The van der Waals surface area contributed by atoms with E-state index in [1.165, 1.54) is 6.26 Å². The van der Waals surface area contributed by atoms with E-state index in [1.54, 1.807) is 19.9 Å². The average Bonchev–Trinajstić information content (AvgIpc) is 3.34. The highest BCUT2D eigenvalue weighted by atomic mass is 16.3. The van der Waals surface area contributed by atoms with E-state index in [0.717, 1.165) is 24.1 Å². The van der Waals surface area contributed by atoms with E-state index in [-0.39, 0.29) is 17.7 Å². The van der Waals surface area contributed by atoms with Gasteiger partial charge in [0, 0.05) is 11.6 Å². The summed E-state index contributed by atoms with van der Waals surface area (Å²) in [5, 5.41) is 7.02. The maximum Gasteiger partial charge on any atom is 0.274 e. The van der Waals surface area contributed by atoms with E-state index in [0.29, 0.717) is 17.0 Å². The van der Waals surface area contributed by atoms with Crippen LogP contribution in [0, 0.1) is 12.8 Å². The second kappa shape index (κ2) is 6.70. The van der Waals surface area contributed by atoms with Crippen LogP contribution < -0.4 is 10.7 Å². The van der Waals surface area contributed by atoms with Crippen LogP contribution in [0.25, 0.3) is 0 Å². The van der Waals surface area contributed by atoms with Gasteiger partial charge in [-0.05, 0) is 50.5 Å². The Bertz CT molecular complexity index is 803. The molecule has 2 N–H and O–H groups in total. The molecule has 1 fully saturated rings. The van der Waals surface area contributed by atoms with Crippen molar-refractivity contribution < 1.29 is 14.0 Å². The van der Waals surface area contributed by atoms with Gasteiger partial charge in [0.2, 0.25) is 5.91 Å². The Labute approximate surface area is 139 Å². The van der Waals surface area contributed by atoms with Gasteiger partial charge in [-0.1, -0.05) is 12.1 Å². The lowest BCUT2D eigenvalue weighted by atomic mass is 10.1. The first-order chi connectivity index (χ1) is 11.5. The molecule has 1 saturated carbocycles. The molecular formula is C18H19N3O3. The van der Waals surface area contributed by atoms with Gasteiger partial charge in [-0.2, -0.15) is 5.10 Å². The lowest BCUT2D eigenvalue weighted by Crippen LogP contribution is -2.19. The fraction of sp³-hybridized carbons (Fsp3) is 0.278. The molecule has 124 valence electrons. The molecule has 3 rings (SSSR count). The molecule has 24 heavy (non-hydrogen) atoms. The molecule has 0 atom stereocenters. The molecule has 1 aromatic carbocycles. The molecular weight excluding hydrogens is 306 g/mol. The summed E-state index contributed by atoms with van der Waals surface area (Å²) in [7, 11) is 0. The topological polar surface area (TPSA) is 83.7 Å². The number of carbonyl (C=O) groups excluding carboxylic acids is 2. The van der Waals surface area contributed by atoms with Crippen LogP contribution in [0.2, 0.25) is 0 Å². The summed E-state index contributed by atoms with van der Waals surface area (Å²) in [4.78, 5) is 23.8. The number of nitrogens with zero attached hydrogens (tertiary/aromatic N) is 1. The zero-order chi connectivity index (χ0) is 17.1. The summed E-state index contributed by atoms with van der Waals surface area (Å²) in [6.45, 7) is 3.52. The third kappa shape index (κ3) is 3.71. The number of hydrazone groups is 1. The second-order valence-electron chi connectivity index (χ2n) is 5.87. The zero-order valence-electron chi connectivity index (χ0n) is 13.6. The summed E-state index contributed by atoms with van der Waals surface area (Å²) < 4.78 is 5.10. The molecule has 0 unspecified atom stereocenters. The van der Waals surface area contributed by atoms with Crippen molar-refractivity contribution in [1.29, 1.82) is 0 Å². The molecule has 0 radical (unpaired) electrons. The Hall–Kier alpha value is -2.89. The van der Waals surface area contributed by atoms with Gasteiger partial charge in [0.05, 0.1) is 17.5 Å². The summed E-state index contributed by atoms with van der Waals surface area (Å²) in [6, 6.07) is 9.00. The third-order valence-corrected chi connectivity index (χ3v) is 3.92. The normalized spacial score (nSPS) is 14.3. The molecule has 1 aromatic heterocycles. The van der Waals surface area contributed by atoms with Crippen LogP contribution in [-0.4, -0.2) is 17.5 Å². The molecule has 2 aromatic rings. The van der Waals surface area contributed by atoms with E-state index in [9.17, 15) is 9.59 Å². The monoisotopic (exact) mass is 325 g/mol. The molecule has 0 aliphatic heterocycles. The van der Waals surface area contributed by atoms with E-state index < -0.39 is 0 Å². The van der Waals surface area contributed by atoms with Crippen molar-refractivity contribution in [3.8, 4) is 0 Å². The van der Waals surface area contributed by atoms with E-state index in [4.69, 9.17) is 4.42 Å². The highest BCUT2D eigenvalue weighted by Crippen LogP contribution is 2.30. The van der Waals surface area contributed by atoms with Gasteiger partial charge in [0.25, 0.3) is 5.91 Å². The predicted octanol–water partition coefficient (Wildman–Crippen LogP) is 3.09. The van der Waals surface area contributed by atoms with Gasteiger partial charge in [-0.3, -0.25) is 9.59 Å². The van der Waals surface area contributed by atoms with Crippen molar-refractivity contribution in [2.24, 2.45) is 11.0 Å². The molecule has 2 amide bonds. The number of aryl methyl sites for hydroxylation is 1. The Morgan fingerprint density at radius 1 is 1.25 bits per heavy atom. The van der Waals surface area contributed by atoms with Crippen molar-refractivity contribution in [3.05, 3.63) is 53.5 Å². The first-order valence-electron chi connectivity index (χ1n) is 7.84. The van der Waals surface area contributed by atoms with E-state index >= 15 is 0 Å². The van der Waals surface area contributed by atoms with Crippen molar-refractivity contribution >= 4 is 23.2 Å². The number of nitrogens with one attached hydrogen (secondary N) is 2. The van der Waals surface area contributed by atoms with Gasteiger partial charge in [0.15, 0.2) is 0 Å². The van der Waals surface area contributed by atoms with Crippen LogP contribution in [-0.2, 0) is 4.79 Å². The SMILES string of the molecule is C/C(=N\NC(=O)c1ccoc1C)c1cccc(NC(=O)C2CC2)c1.